The molecule has 1 aromatic rings. The summed E-state index contributed by atoms with van der Waals surface area (Å²) in [6, 6.07) is 4.65. The van der Waals surface area contributed by atoms with Gasteiger partial charge in [0.2, 0.25) is 5.91 Å². The fourth-order valence-corrected chi connectivity index (χ4v) is 1.88. The van der Waals surface area contributed by atoms with Gasteiger partial charge in [-0.15, -0.1) is 0 Å². The van der Waals surface area contributed by atoms with E-state index in [1.165, 1.54) is 25.3 Å². The Kier molecular flexibility index (Phi) is 6.58. The Morgan fingerprint density at radius 2 is 2.00 bits per heavy atom. The van der Waals surface area contributed by atoms with Gasteiger partial charge in [0.1, 0.15) is 5.75 Å². The minimum Gasteiger partial charge on any atom is -0.506 e. The van der Waals surface area contributed by atoms with Gasteiger partial charge in [0.25, 0.3) is 0 Å². The monoisotopic (exact) mass is 269 g/mol. The minimum atomic E-state index is -0.00625. The number of rotatable bonds is 7. The zero-order chi connectivity index (χ0) is 13.4. The van der Waals surface area contributed by atoms with E-state index in [0.29, 0.717) is 12.1 Å². The van der Waals surface area contributed by atoms with Crippen LogP contribution >= 0.6 is 11.6 Å². The van der Waals surface area contributed by atoms with Gasteiger partial charge in [0.15, 0.2) is 0 Å². The summed E-state index contributed by atoms with van der Waals surface area (Å²) in [6.45, 7) is 2.17. The Morgan fingerprint density at radius 1 is 1.28 bits per heavy atom. The van der Waals surface area contributed by atoms with E-state index in [0.717, 1.165) is 12.8 Å². The van der Waals surface area contributed by atoms with Gasteiger partial charge < -0.3 is 10.4 Å². The normalized spacial score (nSPS) is 10.3. The maximum absolute atomic E-state index is 11.6. The fourth-order valence-electron chi connectivity index (χ4n) is 1.70. The number of anilines is 1. The lowest BCUT2D eigenvalue weighted by molar-refractivity contribution is -0.116. The van der Waals surface area contributed by atoms with E-state index < -0.39 is 0 Å². The molecule has 0 atom stereocenters. The summed E-state index contributed by atoms with van der Waals surface area (Å²) in [5, 5.41) is 12.3. The molecule has 3 nitrogen and oxygen atoms in total. The lowest BCUT2D eigenvalue weighted by Crippen LogP contribution is -2.10. The molecule has 0 spiro atoms. The number of hydrogen-bond donors (Lipinski definition) is 2. The van der Waals surface area contributed by atoms with Gasteiger partial charge in [-0.25, -0.2) is 0 Å². The Labute approximate surface area is 113 Å². The van der Waals surface area contributed by atoms with E-state index >= 15 is 0 Å². The van der Waals surface area contributed by atoms with Crippen LogP contribution in [-0.4, -0.2) is 11.0 Å². The van der Waals surface area contributed by atoms with E-state index in [9.17, 15) is 9.90 Å². The molecule has 0 saturated carbocycles. The van der Waals surface area contributed by atoms with Gasteiger partial charge >= 0.3 is 0 Å². The first-order valence-corrected chi connectivity index (χ1v) is 6.79. The highest BCUT2D eigenvalue weighted by atomic mass is 35.5. The van der Waals surface area contributed by atoms with Gasteiger partial charge in [0.05, 0.1) is 5.02 Å². The van der Waals surface area contributed by atoms with E-state index in [-0.39, 0.29) is 16.7 Å². The quantitative estimate of drug-likeness (QED) is 0.571. The number of benzene rings is 1. The highest BCUT2D eigenvalue weighted by molar-refractivity contribution is 6.32. The molecule has 4 heteroatoms. The maximum Gasteiger partial charge on any atom is 0.224 e. The zero-order valence-corrected chi connectivity index (χ0v) is 11.5. The molecule has 1 aromatic carbocycles. The maximum atomic E-state index is 11.6. The lowest BCUT2D eigenvalue weighted by atomic mass is 10.1. The standard InChI is InChI=1S/C14H20ClNO2/c1-2-3-4-5-6-7-14(18)16-11-8-9-13(17)12(15)10-11/h8-10,17H,2-7H2,1H3,(H,16,18). The predicted octanol–water partition coefficient (Wildman–Crippen LogP) is 4.34. The second-order valence-corrected chi connectivity index (χ2v) is 4.79. The summed E-state index contributed by atoms with van der Waals surface area (Å²) in [5.41, 5.74) is 0.622. The molecule has 0 heterocycles. The Bertz CT molecular complexity index is 393. The third kappa shape index (κ3) is 5.41. The predicted molar refractivity (Wildman–Crippen MR) is 75.1 cm³/mol. The van der Waals surface area contributed by atoms with Crippen molar-refractivity contribution < 1.29 is 9.90 Å². The SMILES string of the molecule is CCCCCCCC(=O)Nc1ccc(O)c(Cl)c1. The van der Waals surface area contributed by atoms with Crippen molar-refractivity contribution in [3.63, 3.8) is 0 Å². The second-order valence-electron chi connectivity index (χ2n) is 4.38. The van der Waals surface area contributed by atoms with Crippen molar-refractivity contribution in [1.82, 2.24) is 0 Å². The van der Waals surface area contributed by atoms with E-state index in [4.69, 9.17) is 11.6 Å². The molecule has 2 N–H and O–H groups in total. The molecule has 0 aliphatic heterocycles. The van der Waals surface area contributed by atoms with Crippen molar-refractivity contribution in [1.29, 1.82) is 0 Å². The Balaban J connectivity index is 2.29. The summed E-state index contributed by atoms with van der Waals surface area (Å²) >= 11 is 5.76. The molecule has 0 bridgehead atoms. The van der Waals surface area contributed by atoms with Gasteiger partial charge in [-0.1, -0.05) is 44.2 Å². The number of hydrogen-bond acceptors (Lipinski definition) is 2. The molecule has 100 valence electrons. The molecule has 0 fully saturated rings. The number of unbranched alkanes of at least 4 members (excludes halogenated alkanes) is 4. The zero-order valence-electron chi connectivity index (χ0n) is 10.7. The van der Waals surface area contributed by atoms with Crippen molar-refractivity contribution >= 4 is 23.2 Å². The molecule has 0 aliphatic rings. The number of amides is 1. The van der Waals surface area contributed by atoms with Crippen LogP contribution in [0.15, 0.2) is 18.2 Å². The van der Waals surface area contributed by atoms with E-state index in [2.05, 4.69) is 12.2 Å². The van der Waals surface area contributed by atoms with Gasteiger partial charge in [-0.3, -0.25) is 4.79 Å². The first kappa shape index (κ1) is 14.8. The van der Waals surface area contributed by atoms with Crippen LogP contribution in [0.1, 0.15) is 45.4 Å². The number of nitrogens with one attached hydrogen (secondary N) is 1. The van der Waals surface area contributed by atoms with Crippen LogP contribution in [0.2, 0.25) is 5.02 Å². The largest absolute Gasteiger partial charge is 0.506 e. The van der Waals surface area contributed by atoms with Crippen molar-refractivity contribution in [2.75, 3.05) is 5.32 Å². The molecular formula is C14H20ClNO2. The number of aromatic hydroxyl groups is 1. The van der Waals surface area contributed by atoms with Crippen LogP contribution in [-0.2, 0) is 4.79 Å². The van der Waals surface area contributed by atoms with Crippen LogP contribution in [0, 0.1) is 0 Å². The minimum absolute atomic E-state index is 0.00625. The molecule has 1 rings (SSSR count). The number of halogens is 1. The molecule has 0 saturated heterocycles. The van der Waals surface area contributed by atoms with Crippen LogP contribution in [0.5, 0.6) is 5.75 Å². The summed E-state index contributed by atoms with van der Waals surface area (Å²) in [6.07, 6.45) is 6.17. The first-order chi connectivity index (χ1) is 8.63. The van der Waals surface area contributed by atoms with Crippen LogP contribution < -0.4 is 5.32 Å². The molecule has 0 aliphatic carbocycles. The topological polar surface area (TPSA) is 49.3 Å². The van der Waals surface area contributed by atoms with Crippen LogP contribution in [0.25, 0.3) is 0 Å². The molecule has 18 heavy (non-hydrogen) atoms. The van der Waals surface area contributed by atoms with Gasteiger partial charge in [-0.05, 0) is 24.6 Å². The van der Waals surface area contributed by atoms with Crippen molar-refractivity contribution in [2.45, 2.75) is 45.4 Å². The van der Waals surface area contributed by atoms with E-state index in [1.807, 2.05) is 0 Å². The molecule has 0 aromatic heterocycles. The highest BCUT2D eigenvalue weighted by Crippen LogP contribution is 2.26. The fraction of sp³-hybridized carbons (Fsp3) is 0.500. The summed E-state index contributed by atoms with van der Waals surface area (Å²) in [7, 11) is 0. The Hall–Kier alpha value is -1.22. The average molecular weight is 270 g/mol. The smallest absolute Gasteiger partial charge is 0.224 e. The van der Waals surface area contributed by atoms with Crippen LogP contribution in [0.3, 0.4) is 0 Å². The highest BCUT2D eigenvalue weighted by Gasteiger charge is 2.04. The molecule has 0 unspecified atom stereocenters. The third-order valence-electron chi connectivity index (χ3n) is 2.74. The number of carbonyl (C=O) groups is 1. The van der Waals surface area contributed by atoms with E-state index in [1.54, 1.807) is 12.1 Å². The summed E-state index contributed by atoms with van der Waals surface area (Å²) < 4.78 is 0. The number of carbonyl (C=O) groups excluding carboxylic acids is 1. The molecular weight excluding hydrogens is 250 g/mol. The van der Waals surface area contributed by atoms with Crippen molar-refractivity contribution in [3.05, 3.63) is 23.2 Å². The summed E-state index contributed by atoms with van der Waals surface area (Å²) in [4.78, 5) is 11.6. The summed E-state index contributed by atoms with van der Waals surface area (Å²) in [5.74, 6) is 0.0162. The molecule has 0 radical (unpaired) electrons. The van der Waals surface area contributed by atoms with Crippen molar-refractivity contribution in [3.8, 4) is 5.75 Å². The van der Waals surface area contributed by atoms with Gasteiger partial charge in [-0.2, -0.15) is 0 Å². The van der Waals surface area contributed by atoms with Crippen LogP contribution in [0.4, 0.5) is 5.69 Å². The molecule has 1 amide bonds. The van der Waals surface area contributed by atoms with Crippen molar-refractivity contribution in [2.24, 2.45) is 0 Å². The second kappa shape index (κ2) is 7.98. The first-order valence-electron chi connectivity index (χ1n) is 6.42. The Morgan fingerprint density at radius 3 is 2.67 bits per heavy atom. The average Bonchev–Trinajstić information content (AvgIpc) is 2.34. The lowest BCUT2D eigenvalue weighted by Gasteiger charge is -2.06. The number of phenols is 1. The third-order valence-corrected chi connectivity index (χ3v) is 3.04. The van der Waals surface area contributed by atoms with Gasteiger partial charge in [0, 0.05) is 12.1 Å². The number of phenolic OH excluding ortho intramolecular Hbond substituents is 1.